The molecule has 3 aliphatic heterocycles. The first kappa shape index (κ1) is 47.7. The van der Waals surface area contributed by atoms with Crippen LogP contribution in [0, 0.1) is 29.5 Å². The molecule has 4 aliphatic rings. The molecular formula is C52H61FN8O7S. The topological polar surface area (TPSA) is 182 Å². The molecule has 69 heavy (non-hydrogen) atoms. The Bertz CT molecular complexity index is 2860. The average molecular weight is 961 g/mol. The van der Waals surface area contributed by atoms with Gasteiger partial charge in [-0.1, -0.05) is 54.0 Å². The van der Waals surface area contributed by atoms with Crippen molar-refractivity contribution in [3.8, 4) is 28.3 Å². The highest BCUT2D eigenvalue weighted by Crippen LogP contribution is 2.48. The van der Waals surface area contributed by atoms with Gasteiger partial charge in [0.15, 0.2) is 5.78 Å². The van der Waals surface area contributed by atoms with Crippen LogP contribution in [0.15, 0.2) is 60.0 Å². The molecule has 6 heterocycles. The Labute approximate surface area is 405 Å². The van der Waals surface area contributed by atoms with Crippen LogP contribution in [-0.2, 0) is 25.5 Å². The number of amides is 3. The summed E-state index contributed by atoms with van der Waals surface area (Å²) in [5, 5.41) is 7.33. The molecule has 17 heteroatoms. The van der Waals surface area contributed by atoms with E-state index >= 15 is 4.39 Å². The van der Waals surface area contributed by atoms with Crippen LogP contribution in [0.25, 0.3) is 39.0 Å². The Balaban J connectivity index is 1.01. The molecule has 9 rings (SSSR count). The van der Waals surface area contributed by atoms with Crippen LogP contribution in [0.4, 0.5) is 14.0 Å². The third-order valence-electron chi connectivity index (χ3n) is 14.0. The Kier molecular flexibility index (Phi) is 13.5. The fraction of sp³-hybridized carbons (Fsp3) is 0.481. The lowest BCUT2D eigenvalue weighted by Crippen LogP contribution is -2.53. The molecule has 2 fully saturated rings. The number of carbonyl (C=O) groups excluding carboxylic acids is 4. The number of ether oxygens (including phenoxy) is 3. The number of alkyl carbamates (subject to hydrolysis) is 2. The maximum atomic E-state index is 17.0. The zero-order chi connectivity index (χ0) is 48.8. The Morgan fingerprint density at radius 2 is 1.65 bits per heavy atom. The third-order valence-corrected chi connectivity index (χ3v) is 15.1. The van der Waals surface area contributed by atoms with Crippen molar-refractivity contribution in [3.05, 3.63) is 82.1 Å². The van der Waals surface area contributed by atoms with Crippen molar-refractivity contribution in [2.75, 3.05) is 20.8 Å². The Morgan fingerprint density at radius 3 is 2.38 bits per heavy atom. The molecule has 6 atom stereocenters. The van der Waals surface area contributed by atoms with Crippen LogP contribution in [0.1, 0.15) is 113 Å². The molecule has 3 aromatic heterocycles. The predicted octanol–water partition coefficient (Wildman–Crippen LogP) is 9.82. The SMILES string of the molecule is COC(=O)N[C@H](C(=O)C1CCC[C@H]1c1ncc(-c2ccc3c(c2)cc2n3C(c3cnc(CC(C)C)s3)Oc3cc(C4=CN=C([C@@H]5CCCN5C(=O)[C@@H](NC(=O)OC)C(C)C)C4)cc(F)c3-2)[nH]1)C(C)C. The summed E-state index contributed by atoms with van der Waals surface area (Å²) in [5.74, 6) is 0.227. The fourth-order valence-electron chi connectivity index (χ4n) is 10.6. The van der Waals surface area contributed by atoms with Gasteiger partial charge in [0.1, 0.15) is 23.4 Å². The summed E-state index contributed by atoms with van der Waals surface area (Å²) in [6.45, 7) is 12.5. The van der Waals surface area contributed by atoms with Crippen LogP contribution in [0.5, 0.6) is 5.75 Å². The van der Waals surface area contributed by atoms with E-state index < -0.39 is 36.3 Å². The zero-order valence-corrected chi connectivity index (χ0v) is 41.2. The van der Waals surface area contributed by atoms with Gasteiger partial charge in [0.2, 0.25) is 12.1 Å². The summed E-state index contributed by atoms with van der Waals surface area (Å²) in [7, 11) is 2.57. The van der Waals surface area contributed by atoms with Crippen LogP contribution < -0.4 is 15.4 Å². The van der Waals surface area contributed by atoms with Gasteiger partial charge in [0.05, 0.1) is 64.9 Å². The van der Waals surface area contributed by atoms with Crippen molar-refractivity contribution in [2.24, 2.45) is 28.7 Å². The van der Waals surface area contributed by atoms with E-state index in [0.29, 0.717) is 47.9 Å². The number of allylic oxidation sites excluding steroid dienone is 1. The second-order valence-electron chi connectivity index (χ2n) is 19.8. The molecule has 0 radical (unpaired) electrons. The summed E-state index contributed by atoms with van der Waals surface area (Å²) in [6.07, 6.45) is 8.68. The standard InChI is InChI=1S/C52H61FN8O7S/c1-26(2)17-43-55-25-42(69-43)50-61-38-15-14-29(37-24-56-48(57-37)34-12-9-11-33(34)47(62)45(27(3)4)58-51(64)66-7)18-31(38)21-40(61)44-35(53)19-30(22-41(44)68-50)32-20-36(54-23-32)39-13-10-16-60(39)49(63)46(28(5)6)59-52(65)67-8/h14-15,18-19,21-28,33-34,39,45-46,50H,9-13,16-17,20H2,1-8H3,(H,56,57)(H,58,64)(H,59,65)/t33?,34-,39+,45+,46+,50?/m1/s1. The normalized spacial score (nSPS) is 20.7. The maximum absolute atomic E-state index is 17.0. The van der Waals surface area contributed by atoms with E-state index in [0.717, 1.165) is 81.3 Å². The zero-order valence-electron chi connectivity index (χ0n) is 40.4. The smallest absolute Gasteiger partial charge is 0.407 e. The number of nitrogens with zero attached hydrogens (tertiary/aromatic N) is 5. The fourth-order valence-corrected chi connectivity index (χ4v) is 11.7. The maximum Gasteiger partial charge on any atom is 0.407 e. The minimum absolute atomic E-state index is 0.0141. The van der Waals surface area contributed by atoms with Crippen LogP contribution in [0.3, 0.4) is 0 Å². The van der Waals surface area contributed by atoms with Gasteiger partial charge in [-0.15, -0.1) is 11.3 Å². The van der Waals surface area contributed by atoms with Gasteiger partial charge in [-0.25, -0.2) is 23.9 Å². The molecule has 1 saturated heterocycles. The summed E-state index contributed by atoms with van der Waals surface area (Å²) < 4.78 is 35.5. The number of Topliss-reactive ketones (excluding diaryl/α,β-unsaturated/α-hetero) is 1. The lowest BCUT2D eigenvalue weighted by atomic mass is 9.84. The van der Waals surface area contributed by atoms with E-state index in [1.807, 2.05) is 58.2 Å². The molecular weight excluding hydrogens is 900 g/mol. The van der Waals surface area contributed by atoms with E-state index in [2.05, 4.69) is 40.1 Å². The molecule has 0 spiro atoms. The molecule has 3 amide bonds. The summed E-state index contributed by atoms with van der Waals surface area (Å²) >= 11 is 1.59. The van der Waals surface area contributed by atoms with E-state index in [1.54, 1.807) is 34.7 Å². The average Bonchev–Trinajstić information content (AvgIpc) is 4.19. The third kappa shape index (κ3) is 9.29. The second kappa shape index (κ2) is 19.6. The highest BCUT2D eigenvalue weighted by Gasteiger charge is 2.42. The first-order chi connectivity index (χ1) is 33.1. The number of likely N-dealkylation sites (tertiary alicyclic amines) is 1. The molecule has 2 unspecified atom stereocenters. The number of halogens is 1. The lowest BCUT2D eigenvalue weighted by Gasteiger charge is -2.31. The summed E-state index contributed by atoms with van der Waals surface area (Å²) in [6, 6.07) is 9.90. The quantitative estimate of drug-likeness (QED) is 0.0976. The molecule has 0 bridgehead atoms. The van der Waals surface area contributed by atoms with Gasteiger partial charge in [-0.3, -0.25) is 19.1 Å². The summed E-state index contributed by atoms with van der Waals surface area (Å²) in [4.78, 5) is 72.7. The minimum atomic E-state index is -0.746. The van der Waals surface area contributed by atoms with Gasteiger partial charge in [0, 0.05) is 60.3 Å². The highest BCUT2D eigenvalue weighted by molar-refractivity contribution is 7.11. The number of hydrogen-bond acceptors (Lipinski definition) is 11. The number of methoxy groups -OCH3 is 2. The molecule has 2 aromatic carbocycles. The molecule has 364 valence electrons. The van der Waals surface area contributed by atoms with E-state index in [4.69, 9.17) is 29.2 Å². The van der Waals surface area contributed by atoms with Gasteiger partial charge in [-0.2, -0.15) is 0 Å². The number of imidazole rings is 1. The van der Waals surface area contributed by atoms with E-state index in [9.17, 15) is 19.2 Å². The van der Waals surface area contributed by atoms with Crippen molar-refractivity contribution in [1.29, 1.82) is 0 Å². The Morgan fingerprint density at radius 1 is 0.899 bits per heavy atom. The van der Waals surface area contributed by atoms with Crippen LogP contribution in [-0.4, -0.2) is 92.9 Å². The molecule has 1 aliphatic carbocycles. The number of aromatic amines is 1. The van der Waals surface area contributed by atoms with Crippen molar-refractivity contribution in [2.45, 2.75) is 117 Å². The number of aliphatic imine (C=N–C) groups is 1. The monoisotopic (exact) mass is 960 g/mol. The first-order valence-electron chi connectivity index (χ1n) is 24.1. The van der Waals surface area contributed by atoms with Gasteiger partial charge in [-0.05, 0) is 84.9 Å². The molecule has 3 N–H and O–H groups in total. The van der Waals surface area contributed by atoms with Gasteiger partial charge < -0.3 is 34.7 Å². The molecule has 5 aromatic rings. The van der Waals surface area contributed by atoms with E-state index in [-0.39, 0.29) is 41.4 Å². The summed E-state index contributed by atoms with van der Waals surface area (Å²) in [5.41, 5.74) is 5.84. The van der Waals surface area contributed by atoms with Crippen molar-refractivity contribution in [1.82, 2.24) is 35.1 Å². The molecule has 15 nitrogen and oxygen atoms in total. The number of ketones is 1. The largest absolute Gasteiger partial charge is 0.464 e. The number of benzene rings is 2. The van der Waals surface area contributed by atoms with Crippen LogP contribution in [0.2, 0.25) is 0 Å². The number of carbonyl (C=O) groups is 4. The number of aromatic nitrogens is 4. The van der Waals surface area contributed by atoms with Crippen molar-refractivity contribution >= 4 is 57.4 Å². The van der Waals surface area contributed by atoms with E-state index in [1.165, 1.54) is 14.2 Å². The number of thiazole rings is 1. The van der Waals surface area contributed by atoms with Crippen LogP contribution >= 0.6 is 11.3 Å². The Hall–Kier alpha value is -6.36. The van der Waals surface area contributed by atoms with Gasteiger partial charge in [0.25, 0.3) is 0 Å². The van der Waals surface area contributed by atoms with Crippen molar-refractivity contribution < 1.29 is 37.8 Å². The predicted molar refractivity (Wildman–Crippen MR) is 263 cm³/mol. The second-order valence-corrected chi connectivity index (χ2v) is 21.0. The number of nitrogens with one attached hydrogen (secondary N) is 3. The number of fused-ring (bicyclic) bond motifs is 5. The van der Waals surface area contributed by atoms with Crippen molar-refractivity contribution in [3.63, 3.8) is 0 Å². The number of hydrogen-bond donors (Lipinski definition) is 3. The minimum Gasteiger partial charge on any atom is -0.464 e. The highest BCUT2D eigenvalue weighted by atomic mass is 32.1. The molecule has 1 saturated carbocycles. The number of rotatable bonds is 14. The lowest BCUT2D eigenvalue weighted by molar-refractivity contribution is -0.134. The number of H-pyrrole nitrogens is 1. The first-order valence-corrected chi connectivity index (χ1v) is 24.9. The van der Waals surface area contributed by atoms with Gasteiger partial charge >= 0.3 is 12.2 Å².